The molecular weight excluding hydrogens is 318 g/mol. The lowest BCUT2D eigenvalue weighted by atomic mass is 10.1. The van der Waals surface area contributed by atoms with E-state index in [0.717, 1.165) is 11.3 Å². The van der Waals surface area contributed by atoms with Crippen LogP contribution in [0.25, 0.3) is 11.5 Å². The lowest BCUT2D eigenvalue weighted by molar-refractivity contribution is 0.119. The van der Waals surface area contributed by atoms with Crippen molar-refractivity contribution in [3.63, 3.8) is 0 Å². The lowest BCUT2D eigenvalue weighted by Crippen LogP contribution is -2.47. The molecule has 0 spiro atoms. The number of hydrogen-bond acceptors (Lipinski definition) is 4. The van der Waals surface area contributed by atoms with Gasteiger partial charge >= 0.3 is 6.03 Å². The number of aliphatic hydroxyl groups excluding tert-OH is 1. The number of aryl methyl sites for hydroxylation is 1. The zero-order valence-corrected chi connectivity index (χ0v) is 15.3. The highest BCUT2D eigenvalue weighted by Gasteiger charge is 2.18. The highest BCUT2D eigenvalue weighted by molar-refractivity contribution is 5.74. The third-order valence-corrected chi connectivity index (χ3v) is 3.85. The van der Waals surface area contributed by atoms with E-state index >= 15 is 0 Å². The summed E-state index contributed by atoms with van der Waals surface area (Å²) in [6, 6.07) is 7.82. The summed E-state index contributed by atoms with van der Waals surface area (Å²) in [4.78, 5) is 18.3. The van der Waals surface area contributed by atoms with Gasteiger partial charge in [0.2, 0.25) is 5.89 Å². The fourth-order valence-corrected chi connectivity index (χ4v) is 2.46. The molecule has 6 nitrogen and oxygen atoms in total. The molecule has 0 saturated carbocycles. The van der Waals surface area contributed by atoms with Gasteiger partial charge in [-0.25, -0.2) is 9.78 Å². The number of amides is 2. The molecule has 136 valence electrons. The Morgan fingerprint density at radius 1 is 1.28 bits per heavy atom. The molecule has 2 amide bonds. The summed E-state index contributed by atoms with van der Waals surface area (Å²) in [5, 5.41) is 12.4. The van der Waals surface area contributed by atoms with Gasteiger partial charge in [0.05, 0.1) is 11.8 Å². The number of nitrogens with one attached hydrogen (secondary N) is 1. The van der Waals surface area contributed by atoms with Crippen LogP contribution in [0, 0.1) is 6.92 Å². The topological polar surface area (TPSA) is 78.6 Å². The van der Waals surface area contributed by atoms with Crippen molar-refractivity contribution in [1.82, 2.24) is 15.2 Å². The lowest BCUT2D eigenvalue weighted by Gasteiger charge is -2.28. The summed E-state index contributed by atoms with van der Waals surface area (Å²) in [7, 11) is 0. The average molecular weight is 345 g/mol. The summed E-state index contributed by atoms with van der Waals surface area (Å²) in [5.74, 6) is 0.583. The molecule has 1 unspecified atom stereocenters. The van der Waals surface area contributed by atoms with Gasteiger partial charge in [-0.05, 0) is 39.8 Å². The summed E-state index contributed by atoms with van der Waals surface area (Å²) in [5.41, 5.74) is 2.91. The highest BCUT2D eigenvalue weighted by Crippen LogP contribution is 2.19. The molecule has 1 heterocycles. The van der Waals surface area contributed by atoms with Crippen LogP contribution in [0.2, 0.25) is 0 Å². The number of aromatic nitrogens is 1. The van der Waals surface area contributed by atoms with Crippen molar-refractivity contribution in [2.24, 2.45) is 0 Å². The third kappa shape index (κ3) is 5.60. The second kappa shape index (κ2) is 8.67. The fraction of sp³-hybridized carbons (Fsp3) is 0.474. The molecule has 0 fully saturated rings. The second-order valence-electron chi connectivity index (χ2n) is 6.59. The van der Waals surface area contributed by atoms with Crippen LogP contribution in [-0.4, -0.2) is 46.3 Å². The molecule has 0 aliphatic carbocycles. The first-order chi connectivity index (χ1) is 11.9. The largest absolute Gasteiger partial charge is 0.444 e. The summed E-state index contributed by atoms with van der Waals surface area (Å²) in [6.45, 7) is 8.32. The first-order valence-corrected chi connectivity index (χ1v) is 8.60. The van der Waals surface area contributed by atoms with Crippen LogP contribution in [-0.2, 0) is 6.42 Å². The van der Waals surface area contributed by atoms with Crippen molar-refractivity contribution in [3.8, 4) is 11.5 Å². The molecule has 2 N–H and O–H groups in total. The van der Waals surface area contributed by atoms with Crippen molar-refractivity contribution < 1.29 is 14.3 Å². The number of urea groups is 1. The molecule has 0 aliphatic rings. The maximum absolute atomic E-state index is 12.2. The van der Waals surface area contributed by atoms with Gasteiger partial charge in [0, 0.05) is 31.1 Å². The predicted octanol–water partition coefficient (Wildman–Crippen LogP) is 2.99. The van der Waals surface area contributed by atoms with Crippen LogP contribution in [0.15, 0.2) is 34.9 Å². The van der Waals surface area contributed by atoms with Gasteiger partial charge in [-0.3, -0.25) is 0 Å². The Hall–Kier alpha value is -2.34. The van der Waals surface area contributed by atoms with Crippen molar-refractivity contribution in [1.29, 1.82) is 0 Å². The van der Waals surface area contributed by atoms with Gasteiger partial charge in [-0.2, -0.15) is 0 Å². The van der Waals surface area contributed by atoms with Gasteiger partial charge in [-0.15, -0.1) is 0 Å². The molecule has 0 bridgehead atoms. The van der Waals surface area contributed by atoms with E-state index in [0.29, 0.717) is 25.4 Å². The van der Waals surface area contributed by atoms with Crippen LogP contribution in [0.3, 0.4) is 0 Å². The number of aliphatic hydroxyl groups is 1. The smallest absolute Gasteiger partial charge is 0.317 e. The Labute approximate surface area is 148 Å². The minimum absolute atomic E-state index is 0.0230. The standard InChI is InChI=1S/C19H27N3O3/c1-13(2)22(11-15(4)23)19(24)20-10-9-17-12-25-18(21-17)16-7-5-14(3)6-8-16/h5-8,12-13,15,23H,9-11H2,1-4H3,(H,20,24). The van der Waals surface area contributed by atoms with Gasteiger partial charge in [0.15, 0.2) is 0 Å². The number of nitrogens with zero attached hydrogens (tertiary/aromatic N) is 2. The van der Waals surface area contributed by atoms with Crippen LogP contribution in [0.4, 0.5) is 4.79 Å². The first-order valence-electron chi connectivity index (χ1n) is 8.60. The normalized spacial score (nSPS) is 12.2. The number of hydrogen-bond donors (Lipinski definition) is 2. The van der Waals surface area contributed by atoms with Crippen LogP contribution in [0.5, 0.6) is 0 Å². The van der Waals surface area contributed by atoms with E-state index in [4.69, 9.17) is 4.42 Å². The molecule has 1 atom stereocenters. The van der Waals surface area contributed by atoms with Gasteiger partial charge in [0.1, 0.15) is 6.26 Å². The van der Waals surface area contributed by atoms with E-state index in [1.54, 1.807) is 18.1 Å². The molecular formula is C19H27N3O3. The Bertz CT molecular complexity index is 677. The maximum atomic E-state index is 12.2. The SMILES string of the molecule is Cc1ccc(-c2nc(CCNC(=O)N(CC(C)O)C(C)C)co2)cc1. The molecule has 1 aromatic carbocycles. The number of carbonyl (C=O) groups excluding carboxylic acids is 1. The van der Waals surface area contributed by atoms with Crippen molar-refractivity contribution >= 4 is 6.03 Å². The number of oxazole rings is 1. The first kappa shape index (κ1) is 19.0. The molecule has 0 radical (unpaired) electrons. The third-order valence-electron chi connectivity index (χ3n) is 3.85. The zero-order valence-electron chi connectivity index (χ0n) is 15.3. The predicted molar refractivity (Wildman–Crippen MR) is 97.3 cm³/mol. The van der Waals surface area contributed by atoms with Crippen LogP contribution >= 0.6 is 0 Å². The van der Waals surface area contributed by atoms with Gasteiger partial charge in [0.25, 0.3) is 0 Å². The Morgan fingerprint density at radius 2 is 1.96 bits per heavy atom. The second-order valence-corrected chi connectivity index (χ2v) is 6.59. The Morgan fingerprint density at radius 3 is 2.56 bits per heavy atom. The monoisotopic (exact) mass is 345 g/mol. The summed E-state index contributed by atoms with van der Waals surface area (Å²) < 4.78 is 5.52. The molecule has 25 heavy (non-hydrogen) atoms. The van der Waals surface area contributed by atoms with E-state index in [1.807, 2.05) is 45.0 Å². The minimum Gasteiger partial charge on any atom is -0.444 e. The van der Waals surface area contributed by atoms with Crippen molar-refractivity contribution in [3.05, 3.63) is 41.8 Å². The van der Waals surface area contributed by atoms with E-state index in [-0.39, 0.29) is 12.1 Å². The highest BCUT2D eigenvalue weighted by atomic mass is 16.3. The van der Waals surface area contributed by atoms with Crippen LogP contribution in [0.1, 0.15) is 32.0 Å². The number of carbonyl (C=O) groups is 1. The van der Waals surface area contributed by atoms with E-state index in [2.05, 4.69) is 10.3 Å². The minimum atomic E-state index is -0.555. The van der Waals surface area contributed by atoms with E-state index in [9.17, 15) is 9.90 Å². The molecule has 2 rings (SSSR count). The van der Waals surface area contributed by atoms with E-state index < -0.39 is 6.10 Å². The maximum Gasteiger partial charge on any atom is 0.317 e. The summed E-state index contributed by atoms with van der Waals surface area (Å²) in [6.07, 6.45) is 1.65. The quantitative estimate of drug-likeness (QED) is 0.808. The van der Waals surface area contributed by atoms with E-state index in [1.165, 1.54) is 5.56 Å². The van der Waals surface area contributed by atoms with Crippen molar-refractivity contribution in [2.45, 2.75) is 46.3 Å². The van der Waals surface area contributed by atoms with Gasteiger partial charge in [-0.1, -0.05) is 17.7 Å². The average Bonchev–Trinajstić information content (AvgIpc) is 3.01. The van der Waals surface area contributed by atoms with Crippen molar-refractivity contribution in [2.75, 3.05) is 13.1 Å². The molecule has 2 aromatic rings. The number of benzene rings is 1. The Balaban J connectivity index is 1.87. The van der Waals surface area contributed by atoms with Crippen LogP contribution < -0.4 is 5.32 Å². The molecule has 1 aromatic heterocycles. The Kier molecular flexibility index (Phi) is 6.58. The molecule has 0 aliphatic heterocycles. The zero-order chi connectivity index (χ0) is 18.4. The van der Waals surface area contributed by atoms with Gasteiger partial charge < -0.3 is 19.7 Å². The fourth-order valence-electron chi connectivity index (χ4n) is 2.46. The molecule has 6 heteroatoms. The summed E-state index contributed by atoms with van der Waals surface area (Å²) >= 11 is 0. The number of rotatable bonds is 7. The molecule has 0 saturated heterocycles.